The van der Waals surface area contributed by atoms with Crippen LogP contribution in [0.1, 0.15) is 74.8 Å². The number of carbonyl (C=O) groups is 3. The molecule has 0 aliphatic carbocycles. The van der Waals surface area contributed by atoms with Crippen LogP contribution < -0.4 is 15.4 Å². The first-order valence-electron chi connectivity index (χ1n) is 15.7. The van der Waals surface area contributed by atoms with Crippen LogP contribution in [0.2, 0.25) is 0 Å². The first-order valence-corrected chi connectivity index (χ1v) is 15.7. The monoisotopic (exact) mass is 626 g/mol. The summed E-state index contributed by atoms with van der Waals surface area (Å²) in [5, 5.41) is 18.3. The van der Waals surface area contributed by atoms with Gasteiger partial charge in [-0.1, -0.05) is 69.0 Å². The van der Waals surface area contributed by atoms with E-state index in [1.807, 2.05) is 62.4 Å². The molecule has 2 amide bonds. The second kappa shape index (κ2) is 16.9. The number of nitrogens with zero attached hydrogens (tertiary/aromatic N) is 4. The zero-order valence-corrected chi connectivity index (χ0v) is 26.6. The second-order valence-corrected chi connectivity index (χ2v) is 11.4. The van der Waals surface area contributed by atoms with Crippen LogP contribution in [0.4, 0.5) is 0 Å². The lowest BCUT2D eigenvalue weighted by Gasteiger charge is -2.18. The van der Waals surface area contributed by atoms with Crippen molar-refractivity contribution in [3.05, 3.63) is 84.4 Å². The minimum Gasteiger partial charge on any atom is -0.494 e. The highest BCUT2D eigenvalue weighted by Crippen LogP contribution is 2.24. The molecule has 46 heavy (non-hydrogen) atoms. The summed E-state index contributed by atoms with van der Waals surface area (Å²) < 4.78 is 7.51. The number of aliphatic carboxylic acids is 1. The highest BCUT2D eigenvalue weighted by molar-refractivity contribution is 5.97. The van der Waals surface area contributed by atoms with Gasteiger partial charge in [0.15, 0.2) is 5.82 Å². The molecule has 1 atom stereocenters. The Hall–Kier alpha value is -5.06. The van der Waals surface area contributed by atoms with Gasteiger partial charge in [0.2, 0.25) is 5.91 Å². The van der Waals surface area contributed by atoms with E-state index in [4.69, 9.17) is 9.84 Å². The predicted molar refractivity (Wildman–Crippen MR) is 175 cm³/mol. The third-order valence-corrected chi connectivity index (χ3v) is 7.44. The van der Waals surface area contributed by atoms with Gasteiger partial charge in [0.25, 0.3) is 5.91 Å². The van der Waals surface area contributed by atoms with Crippen LogP contribution >= 0.6 is 0 Å². The molecule has 3 N–H and O–H groups in total. The molecular formula is C35H42N6O5. The van der Waals surface area contributed by atoms with Crippen molar-refractivity contribution in [2.45, 2.75) is 71.4 Å². The molecule has 2 aromatic heterocycles. The smallest absolute Gasteiger partial charge is 0.322 e. The summed E-state index contributed by atoms with van der Waals surface area (Å²) in [6, 6.07) is 14.3. The molecule has 0 aliphatic heterocycles. The van der Waals surface area contributed by atoms with Gasteiger partial charge in [0.05, 0.1) is 18.4 Å². The Morgan fingerprint density at radius 3 is 2.17 bits per heavy atom. The molecular weight excluding hydrogens is 584 g/mol. The van der Waals surface area contributed by atoms with Gasteiger partial charge in [-0.05, 0) is 43.5 Å². The number of ether oxygens (including phenoxy) is 1. The molecule has 0 radical (unpaired) electrons. The number of carbonyl (C=O) groups excluding carboxylic acids is 2. The zero-order valence-electron chi connectivity index (χ0n) is 26.6. The second-order valence-electron chi connectivity index (χ2n) is 11.4. The lowest BCUT2D eigenvalue weighted by molar-refractivity contribution is -0.138. The lowest BCUT2D eigenvalue weighted by atomic mass is 10.0. The van der Waals surface area contributed by atoms with Gasteiger partial charge in [-0.2, -0.15) is 5.10 Å². The molecule has 11 heteroatoms. The summed E-state index contributed by atoms with van der Waals surface area (Å²) in [5.74, 6) is -0.865. The van der Waals surface area contributed by atoms with Crippen LogP contribution in [0.3, 0.4) is 0 Å². The Labute approximate surface area is 269 Å². The van der Waals surface area contributed by atoms with Crippen LogP contribution in [-0.2, 0) is 16.0 Å². The topological polar surface area (TPSA) is 148 Å². The fraction of sp³-hybridized carbons (Fsp3) is 0.371. The van der Waals surface area contributed by atoms with Crippen molar-refractivity contribution in [3.8, 4) is 28.3 Å². The first-order chi connectivity index (χ1) is 22.2. The van der Waals surface area contributed by atoms with E-state index in [9.17, 15) is 14.4 Å². The Kier molecular flexibility index (Phi) is 12.4. The molecule has 0 spiro atoms. The van der Waals surface area contributed by atoms with Crippen LogP contribution in [0, 0.1) is 0 Å². The molecule has 242 valence electrons. The normalized spacial score (nSPS) is 11.7. The number of amides is 2. The summed E-state index contributed by atoms with van der Waals surface area (Å²) in [6.45, 7) is 6.25. The van der Waals surface area contributed by atoms with Crippen molar-refractivity contribution in [3.63, 3.8) is 0 Å². The molecule has 0 bridgehead atoms. The SMILES string of the molecule is CCCCCCCOc1ccc(-c2cnc(-c3ccc(C[C@H](NC(=O)c4cnn(C(C)C)c4)C(=O)NCC(=O)O)cc3)nc2)cc1. The van der Waals surface area contributed by atoms with Gasteiger partial charge in [-0.3, -0.25) is 19.1 Å². The van der Waals surface area contributed by atoms with E-state index in [-0.39, 0.29) is 12.5 Å². The Morgan fingerprint density at radius 2 is 1.54 bits per heavy atom. The maximum atomic E-state index is 12.9. The first kappa shape index (κ1) is 33.8. The van der Waals surface area contributed by atoms with Crippen molar-refractivity contribution in [1.82, 2.24) is 30.4 Å². The fourth-order valence-corrected chi connectivity index (χ4v) is 4.77. The lowest BCUT2D eigenvalue weighted by Crippen LogP contribution is -2.49. The summed E-state index contributed by atoms with van der Waals surface area (Å²) in [7, 11) is 0. The summed E-state index contributed by atoms with van der Waals surface area (Å²) >= 11 is 0. The quantitative estimate of drug-likeness (QED) is 0.131. The number of rotatable bonds is 17. The van der Waals surface area contributed by atoms with Crippen molar-refractivity contribution < 1.29 is 24.2 Å². The maximum Gasteiger partial charge on any atom is 0.322 e. The largest absolute Gasteiger partial charge is 0.494 e. The number of unbranched alkanes of at least 4 members (excludes halogenated alkanes) is 4. The molecule has 0 saturated carbocycles. The molecule has 0 fully saturated rings. The van der Waals surface area contributed by atoms with Gasteiger partial charge >= 0.3 is 5.97 Å². The molecule has 0 saturated heterocycles. The Balaban J connectivity index is 1.37. The fourth-order valence-electron chi connectivity index (χ4n) is 4.77. The Morgan fingerprint density at radius 1 is 0.870 bits per heavy atom. The van der Waals surface area contributed by atoms with Gasteiger partial charge in [0.1, 0.15) is 18.3 Å². The van der Waals surface area contributed by atoms with Crippen LogP contribution in [0.5, 0.6) is 5.75 Å². The van der Waals surface area contributed by atoms with E-state index in [0.29, 0.717) is 11.4 Å². The van der Waals surface area contributed by atoms with Gasteiger partial charge < -0.3 is 20.5 Å². The van der Waals surface area contributed by atoms with Gasteiger partial charge in [-0.25, -0.2) is 9.97 Å². The van der Waals surface area contributed by atoms with Crippen molar-refractivity contribution in [2.75, 3.05) is 13.2 Å². The molecule has 11 nitrogen and oxygen atoms in total. The minimum atomic E-state index is -1.18. The number of carboxylic acid groups (broad SMARTS) is 1. The standard InChI is InChI=1S/C35H42N6O5/c1-4-5-6-7-8-17-46-30-15-13-26(14-16-30)28-19-36-33(37-20-28)27-11-9-25(10-12-27)18-31(35(45)38-22-32(42)43)40-34(44)29-21-39-41(23-29)24(2)3/h9-16,19-21,23-24,31H,4-8,17-18,22H2,1-3H3,(H,38,45)(H,40,44)(H,42,43)/t31-/m0/s1. The number of hydrogen-bond donors (Lipinski definition) is 3. The average molecular weight is 627 g/mol. The highest BCUT2D eigenvalue weighted by atomic mass is 16.5. The molecule has 2 aromatic carbocycles. The summed E-state index contributed by atoms with van der Waals surface area (Å²) in [6.07, 6.45) is 12.7. The van der Waals surface area contributed by atoms with Gasteiger partial charge in [0, 0.05) is 42.2 Å². The molecule has 0 aliphatic rings. The van der Waals surface area contributed by atoms with Crippen LogP contribution in [0.15, 0.2) is 73.3 Å². The third-order valence-electron chi connectivity index (χ3n) is 7.44. The van der Waals surface area contributed by atoms with E-state index in [1.165, 1.54) is 31.9 Å². The predicted octanol–water partition coefficient (Wildman–Crippen LogP) is 5.48. The highest BCUT2D eigenvalue weighted by Gasteiger charge is 2.23. The summed E-state index contributed by atoms with van der Waals surface area (Å²) in [4.78, 5) is 45.9. The average Bonchev–Trinajstić information content (AvgIpc) is 3.57. The van der Waals surface area contributed by atoms with E-state index >= 15 is 0 Å². The minimum absolute atomic E-state index is 0.0658. The van der Waals surface area contributed by atoms with Crippen LogP contribution in [0.25, 0.3) is 22.5 Å². The number of nitrogens with one attached hydrogen (secondary N) is 2. The molecule has 4 rings (SSSR count). The van der Waals surface area contributed by atoms with E-state index in [2.05, 4.69) is 32.6 Å². The van der Waals surface area contributed by atoms with Crippen molar-refractivity contribution in [2.24, 2.45) is 0 Å². The zero-order chi connectivity index (χ0) is 32.9. The number of hydrogen-bond acceptors (Lipinski definition) is 7. The third kappa shape index (κ3) is 9.98. The van der Waals surface area contributed by atoms with E-state index < -0.39 is 30.4 Å². The van der Waals surface area contributed by atoms with Gasteiger partial charge in [-0.15, -0.1) is 0 Å². The maximum absolute atomic E-state index is 12.9. The summed E-state index contributed by atoms with van der Waals surface area (Å²) in [5.41, 5.74) is 3.73. The van der Waals surface area contributed by atoms with Crippen LogP contribution in [-0.4, -0.2) is 61.8 Å². The number of aromatic nitrogens is 4. The molecule has 0 unspecified atom stereocenters. The molecule has 4 aromatic rings. The van der Waals surface area contributed by atoms with E-state index in [1.54, 1.807) is 23.3 Å². The molecule has 2 heterocycles. The van der Waals surface area contributed by atoms with Crippen molar-refractivity contribution >= 4 is 17.8 Å². The Bertz CT molecular complexity index is 1570. The van der Waals surface area contributed by atoms with E-state index in [0.717, 1.165) is 41.0 Å². The van der Waals surface area contributed by atoms with Crippen molar-refractivity contribution in [1.29, 1.82) is 0 Å². The number of benzene rings is 2. The number of carboxylic acids is 1.